The maximum absolute atomic E-state index is 11.6. The quantitative estimate of drug-likeness (QED) is 0.697. The van der Waals surface area contributed by atoms with Gasteiger partial charge in [0.2, 0.25) is 0 Å². The number of pyridine rings is 1. The molecule has 21 heavy (non-hydrogen) atoms. The Hall–Kier alpha value is -1.24. The Morgan fingerprint density at radius 2 is 2.24 bits per heavy atom. The van der Waals surface area contributed by atoms with Gasteiger partial charge in [0, 0.05) is 38.4 Å². The number of anilines is 1. The van der Waals surface area contributed by atoms with E-state index in [9.17, 15) is 4.79 Å². The summed E-state index contributed by atoms with van der Waals surface area (Å²) in [5.74, 6) is 0.970. The highest BCUT2D eigenvalue weighted by molar-refractivity contribution is 6.35. The van der Waals surface area contributed by atoms with Crippen LogP contribution in [-0.4, -0.2) is 43.9 Å². The number of halogens is 2. The van der Waals surface area contributed by atoms with Crippen molar-refractivity contribution in [2.45, 2.75) is 6.42 Å². The van der Waals surface area contributed by atoms with Crippen LogP contribution in [0.4, 0.5) is 10.6 Å². The highest BCUT2D eigenvalue weighted by Crippen LogP contribution is 2.21. The van der Waals surface area contributed by atoms with Gasteiger partial charge in [-0.1, -0.05) is 23.2 Å². The van der Waals surface area contributed by atoms with Crippen molar-refractivity contribution in [2.75, 3.05) is 38.2 Å². The fraction of sp³-hybridized carbons (Fsp3) is 0.538. The minimum atomic E-state index is -0.182. The number of rotatable bonds is 6. The Balaban J connectivity index is 1.59. The summed E-state index contributed by atoms with van der Waals surface area (Å²) in [4.78, 5) is 15.6. The maximum atomic E-state index is 11.6. The van der Waals surface area contributed by atoms with Crippen molar-refractivity contribution < 1.29 is 9.53 Å². The fourth-order valence-electron chi connectivity index (χ4n) is 1.95. The second-order valence-corrected chi connectivity index (χ2v) is 5.62. The van der Waals surface area contributed by atoms with Crippen molar-refractivity contribution in [3.8, 4) is 0 Å². The molecule has 1 aromatic rings. The number of carbonyl (C=O) groups excluding carboxylic acids is 1. The van der Waals surface area contributed by atoms with Gasteiger partial charge in [0.15, 0.2) is 0 Å². The summed E-state index contributed by atoms with van der Waals surface area (Å²) in [5, 5.41) is 9.55. The molecule has 3 N–H and O–H groups in total. The van der Waals surface area contributed by atoms with Crippen LogP contribution in [-0.2, 0) is 4.74 Å². The average molecular weight is 333 g/mol. The second-order valence-electron chi connectivity index (χ2n) is 4.78. The molecule has 0 aromatic carbocycles. The van der Waals surface area contributed by atoms with Crippen LogP contribution in [0.5, 0.6) is 0 Å². The zero-order valence-corrected chi connectivity index (χ0v) is 13.0. The molecule has 1 aliphatic heterocycles. The molecule has 1 atom stereocenters. The third kappa shape index (κ3) is 5.57. The first-order chi connectivity index (χ1) is 10.1. The summed E-state index contributed by atoms with van der Waals surface area (Å²) >= 11 is 11.7. The Labute approximate surface area is 133 Å². The number of carbonyl (C=O) groups is 1. The van der Waals surface area contributed by atoms with Crippen LogP contribution < -0.4 is 16.0 Å². The molecule has 0 spiro atoms. The first-order valence-corrected chi connectivity index (χ1v) is 7.55. The maximum Gasteiger partial charge on any atom is 0.314 e. The van der Waals surface area contributed by atoms with Crippen molar-refractivity contribution in [3.05, 3.63) is 22.3 Å². The van der Waals surface area contributed by atoms with Crippen LogP contribution in [0.15, 0.2) is 12.3 Å². The van der Waals surface area contributed by atoms with Gasteiger partial charge in [-0.2, -0.15) is 0 Å². The number of nitrogens with one attached hydrogen (secondary N) is 3. The fourth-order valence-corrected chi connectivity index (χ4v) is 2.39. The largest absolute Gasteiger partial charge is 0.381 e. The topological polar surface area (TPSA) is 75.3 Å². The van der Waals surface area contributed by atoms with E-state index in [4.69, 9.17) is 27.9 Å². The van der Waals surface area contributed by atoms with Gasteiger partial charge in [-0.05, 0) is 12.5 Å². The van der Waals surface area contributed by atoms with Crippen LogP contribution in [0.2, 0.25) is 10.0 Å². The molecule has 1 fully saturated rings. The zero-order chi connectivity index (χ0) is 15.1. The third-order valence-electron chi connectivity index (χ3n) is 3.09. The summed E-state index contributed by atoms with van der Waals surface area (Å²) in [7, 11) is 0. The molecule has 0 radical (unpaired) electrons. The molecular weight excluding hydrogens is 315 g/mol. The SMILES string of the molecule is O=C(NCCNc1ncc(Cl)cc1Cl)NC[C@H]1CCOC1. The first-order valence-electron chi connectivity index (χ1n) is 6.79. The van der Waals surface area contributed by atoms with Gasteiger partial charge >= 0.3 is 6.03 Å². The van der Waals surface area contributed by atoms with Crippen molar-refractivity contribution >= 4 is 35.1 Å². The van der Waals surface area contributed by atoms with E-state index < -0.39 is 0 Å². The molecule has 6 nitrogen and oxygen atoms in total. The Kier molecular flexibility index (Phi) is 6.35. The summed E-state index contributed by atoms with van der Waals surface area (Å²) in [6.07, 6.45) is 2.52. The van der Waals surface area contributed by atoms with Gasteiger partial charge in [0.1, 0.15) is 5.82 Å². The number of hydrogen-bond acceptors (Lipinski definition) is 4. The molecule has 0 aliphatic carbocycles. The predicted molar refractivity (Wildman–Crippen MR) is 83.1 cm³/mol. The second kappa shape index (κ2) is 8.26. The molecule has 2 heterocycles. The number of urea groups is 1. The molecule has 116 valence electrons. The van der Waals surface area contributed by atoms with Crippen LogP contribution in [0.1, 0.15) is 6.42 Å². The van der Waals surface area contributed by atoms with E-state index in [1.54, 1.807) is 6.07 Å². The number of hydrogen-bond donors (Lipinski definition) is 3. The summed E-state index contributed by atoms with van der Waals surface area (Å²) < 4.78 is 5.25. The van der Waals surface area contributed by atoms with E-state index in [0.29, 0.717) is 41.4 Å². The highest BCUT2D eigenvalue weighted by Gasteiger charge is 2.15. The smallest absolute Gasteiger partial charge is 0.314 e. The normalized spacial score (nSPS) is 17.5. The molecule has 0 saturated carbocycles. The number of ether oxygens (including phenoxy) is 1. The van der Waals surface area contributed by atoms with E-state index in [1.165, 1.54) is 6.20 Å². The van der Waals surface area contributed by atoms with Gasteiger partial charge in [-0.25, -0.2) is 9.78 Å². The minimum Gasteiger partial charge on any atom is -0.381 e. The van der Waals surface area contributed by atoms with E-state index in [1.807, 2.05) is 0 Å². The lowest BCUT2D eigenvalue weighted by molar-refractivity contribution is 0.185. The zero-order valence-electron chi connectivity index (χ0n) is 11.5. The van der Waals surface area contributed by atoms with Crippen molar-refractivity contribution in [1.29, 1.82) is 0 Å². The molecular formula is C13H18Cl2N4O2. The van der Waals surface area contributed by atoms with Gasteiger partial charge in [0.05, 0.1) is 16.7 Å². The third-order valence-corrected chi connectivity index (χ3v) is 3.58. The summed E-state index contributed by atoms with van der Waals surface area (Å²) in [5.41, 5.74) is 0. The van der Waals surface area contributed by atoms with Crippen LogP contribution in [0.25, 0.3) is 0 Å². The van der Waals surface area contributed by atoms with Crippen LogP contribution in [0, 0.1) is 5.92 Å². The molecule has 2 amide bonds. The van der Waals surface area contributed by atoms with E-state index in [-0.39, 0.29) is 6.03 Å². The molecule has 1 aliphatic rings. The van der Waals surface area contributed by atoms with Crippen LogP contribution >= 0.6 is 23.2 Å². The van der Waals surface area contributed by atoms with Gasteiger partial charge in [0.25, 0.3) is 0 Å². The van der Waals surface area contributed by atoms with Crippen molar-refractivity contribution in [1.82, 2.24) is 15.6 Å². The lowest BCUT2D eigenvalue weighted by Gasteiger charge is -2.11. The van der Waals surface area contributed by atoms with E-state index >= 15 is 0 Å². The predicted octanol–water partition coefficient (Wildman–Crippen LogP) is 2.14. The van der Waals surface area contributed by atoms with Gasteiger partial charge < -0.3 is 20.7 Å². The number of aromatic nitrogens is 1. The number of nitrogens with zero attached hydrogens (tertiary/aromatic N) is 1. The Bertz CT molecular complexity index is 481. The van der Waals surface area contributed by atoms with Gasteiger partial charge in [-0.15, -0.1) is 0 Å². The minimum absolute atomic E-state index is 0.182. The lowest BCUT2D eigenvalue weighted by Crippen LogP contribution is -2.40. The lowest BCUT2D eigenvalue weighted by atomic mass is 10.1. The van der Waals surface area contributed by atoms with E-state index in [0.717, 1.165) is 19.6 Å². The molecule has 8 heteroatoms. The van der Waals surface area contributed by atoms with Crippen LogP contribution in [0.3, 0.4) is 0 Å². The molecule has 1 aromatic heterocycles. The summed E-state index contributed by atoms with van der Waals surface area (Å²) in [6.45, 7) is 3.14. The van der Waals surface area contributed by atoms with Crippen molar-refractivity contribution in [2.24, 2.45) is 5.92 Å². The van der Waals surface area contributed by atoms with E-state index in [2.05, 4.69) is 20.9 Å². The monoisotopic (exact) mass is 332 g/mol. The number of amides is 2. The Morgan fingerprint density at radius 3 is 2.95 bits per heavy atom. The Morgan fingerprint density at radius 1 is 1.38 bits per heavy atom. The standard InChI is InChI=1S/C13H18Cl2N4O2/c14-10-5-11(15)12(18-7-10)16-2-3-17-13(20)19-6-9-1-4-21-8-9/h5,7,9H,1-4,6,8H2,(H,16,18)(H2,17,19,20)/t9-/m1/s1. The molecule has 2 rings (SSSR count). The average Bonchev–Trinajstić information content (AvgIpc) is 2.96. The van der Waals surface area contributed by atoms with Crippen molar-refractivity contribution in [3.63, 3.8) is 0 Å². The van der Waals surface area contributed by atoms with Gasteiger partial charge in [-0.3, -0.25) is 0 Å². The molecule has 0 bridgehead atoms. The first kappa shape index (κ1) is 16.1. The molecule has 1 saturated heterocycles. The summed E-state index contributed by atoms with van der Waals surface area (Å²) in [6, 6.07) is 1.43. The molecule has 0 unspecified atom stereocenters. The highest BCUT2D eigenvalue weighted by atomic mass is 35.5.